The lowest BCUT2D eigenvalue weighted by molar-refractivity contribution is 0.100. The van der Waals surface area contributed by atoms with E-state index in [4.69, 9.17) is 22.7 Å². The van der Waals surface area contributed by atoms with Gasteiger partial charge in [-0.05, 0) is 49.2 Å². The summed E-state index contributed by atoms with van der Waals surface area (Å²) in [6.07, 6.45) is 4.31. The van der Waals surface area contributed by atoms with Crippen molar-refractivity contribution in [2.45, 2.75) is 19.8 Å². The second-order valence-electron chi connectivity index (χ2n) is 5.18. The Bertz CT molecular complexity index is 887. The number of aryl methyl sites for hydroxylation is 1. The number of hydrogen-bond acceptors (Lipinski definition) is 7. The van der Waals surface area contributed by atoms with Crippen molar-refractivity contribution in [2.75, 3.05) is 0 Å². The van der Waals surface area contributed by atoms with Crippen LogP contribution in [0.3, 0.4) is 0 Å². The highest BCUT2D eigenvalue weighted by Crippen LogP contribution is 2.44. The molecule has 6 nitrogen and oxygen atoms in total. The Morgan fingerprint density at radius 1 is 1.50 bits per heavy atom. The third-order valence-corrected chi connectivity index (χ3v) is 5.34. The summed E-state index contributed by atoms with van der Waals surface area (Å²) in [7, 11) is 0. The number of amides is 1. The van der Waals surface area contributed by atoms with E-state index in [0.29, 0.717) is 45.3 Å². The number of nitrogens with two attached hydrogens (primary N) is 1. The molecular weight excluding hydrogens is 346 g/mol. The fraction of sp³-hybridized carbons (Fsp3) is 0.188. The molecule has 0 saturated heterocycles. The third kappa shape index (κ3) is 2.74. The summed E-state index contributed by atoms with van der Waals surface area (Å²) in [4.78, 5) is 27.6. The number of rotatable bonds is 3. The van der Waals surface area contributed by atoms with Crippen molar-refractivity contribution in [1.82, 2.24) is 4.98 Å². The lowest BCUT2D eigenvalue weighted by Gasteiger charge is -2.18. The molecule has 3 rings (SSSR count). The van der Waals surface area contributed by atoms with Crippen molar-refractivity contribution < 1.29 is 9.53 Å². The summed E-state index contributed by atoms with van der Waals surface area (Å²) in [6, 6.07) is 3.53. The number of carbonyl (C=O) groups excluding carboxylic acids is 1. The van der Waals surface area contributed by atoms with E-state index in [-0.39, 0.29) is 4.88 Å². The summed E-state index contributed by atoms with van der Waals surface area (Å²) < 4.78 is 5.95. The molecule has 1 amide bonds. The molecular formula is C16H13N3O3S2. The number of nitroso groups, excluding NO2 is 1. The van der Waals surface area contributed by atoms with Crippen LogP contribution in [-0.4, -0.2) is 15.8 Å². The molecule has 8 heteroatoms. The second-order valence-corrected chi connectivity index (χ2v) is 6.57. The molecule has 1 aliphatic rings. The van der Waals surface area contributed by atoms with Crippen molar-refractivity contribution >= 4 is 34.3 Å². The number of thiocarbonyl (C=S) groups is 1. The van der Waals surface area contributed by atoms with E-state index >= 15 is 0 Å². The van der Waals surface area contributed by atoms with Crippen molar-refractivity contribution in [1.29, 1.82) is 0 Å². The number of nitrogens with zero attached hydrogens (tertiary/aromatic N) is 2. The highest BCUT2D eigenvalue weighted by Gasteiger charge is 2.31. The fourth-order valence-corrected chi connectivity index (χ4v) is 4.11. The van der Waals surface area contributed by atoms with Crippen LogP contribution in [0.5, 0.6) is 10.8 Å². The van der Waals surface area contributed by atoms with Gasteiger partial charge < -0.3 is 10.5 Å². The summed E-state index contributed by atoms with van der Waals surface area (Å²) in [5, 5.41) is 3.00. The minimum absolute atomic E-state index is 0.273. The average Bonchev–Trinajstić information content (AvgIpc) is 2.96. The smallest absolute Gasteiger partial charge is 0.327 e. The Hall–Kier alpha value is -2.45. The number of carbonyl (C=O) groups is 1. The first-order chi connectivity index (χ1) is 11.6. The lowest BCUT2D eigenvalue weighted by atomic mass is 9.89. The third-order valence-electron chi connectivity index (χ3n) is 3.78. The Kier molecular flexibility index (Phi) is 4.50. The fourth-order valence-electron chi connectivity index (χ4n) is 2.57. The van der Waals surface area contributed by atoms with Gasteiger partial charge >= 0.3 is 5.91 Å². The average molecular weight is 359 g/mol. The van der Waals surface area contributed by atoms with Crippen LogP contribution in [0.4, 0.5) is 0 Å². The van der Waals surface area contributed by atoms with Gasteiger partial charge in [0.2, 0.25) is 0 Å². The van der Waals surface area contributed by atoms with Crippen molar-refractivity contribution in [2.24, 2.45) is 10.9 Å². The molecule has 2 heterocycles. The zero-order valence-corrected chi connectivity index (χ0v) is 14.4. The first-order valence-corrected chi connectivity index (χ1v) is 8.37. The highest BCUT2D eigenvalue weighted by atomic mass is 32.1. The molecule has 0 unspecified atom stereocenters. The summed E-state index contributed by atoms with van der Waals surface area (Å²) in [6.45, 7) is 1.82. The van der Waals surface area contributed by atoms with Crippen LogP contribution < -0.4 is 10.5 Å². The SMILES string of the molecule is Cc1ncccc1Oc1sc(C(=O)N=O)c2c1C(=S)C(=CN)CC2. The molecule has 0 aliphatic heterocycles. The molecule has 122 valence electrons. The largest absolute Gasteiger partial charge is 0.444 e. The maximum atomic E-state index is 11.9. The number of pyridine rings is 1. The van der Waals surface area contributed by atoms with Gasteiger partial charge in [0, 0.05) is 11.4 Å². The molecule has 0 bridgehead atoms. The Morgan fingerprint density at radius 3 is 2.96 bits per heavy atom. The van der Waals surface area contributed by atoms with Gasteiger partial charge in [0.05, 0.1) is 16.1 Å². The predicted octanol–water partition coefficient (Wildman–Crippen LogP) is 3.66. The van der Waals surface area contributed by atoms with Crippen LogP contribution in [0, 0.1) is 11.8 Å². The number of fused-ring (bicyclic) bond motifs is 1. The zero-order chi connectivity index (χ0) is 17.3. The van der Waals surface area contributed by atoms with Crippen LogP contribution in [0.25, 0.3) is 0 Å². The van der Waals surface area contributed by atoms with Crippen molar-refractivity contribution in [3.05, 3.63) is 56.7 Å². The molecule has 0 radical (unpaired) electrons. The molecule has 0 spiro atoms. The molecule has 2 aromatic heterocycles. The summed E-state index contributed by atoms with van der Waals surface area (Å²) in [5.74, 6) is -0.247. The molecule has 0 aromatic carbocycles. The molecule has 24 heavy (non-hydrogen) atoms. The van der Waals surface area contributed by atoms with Gasteiger partial charge in [0.25, 0.3) is 0 Å². The van der Waals surface area contributed by atoms with Gasteiger partial charge in [0.1, 0.15) is 10.6 Å². The number of thiophene rings is 1. The van der Waals surface area contributed by atoms with Crippen LogP contribution in [0.15, 0.2) is 35.3 Å². The standard InChI is InChI=1S/C16H13N3O3S2/c1-8-11(3-2-6-18-8)22-16-12-10(14(24-16)15(20)19-21)5-4-9(7-17)13(12)23/h2-3,6-7H,4-5,17H2,1H3. The van der Waals surface area contributed by atoms with Gasteiger partial charge in [-0.2, -0.15) is 0 Å². The monoisotopic (exact) mass is 359 g/mol. The lowest BCUT2D eigenvalue weighted by Crippen LogP contribution is -2.15. The quantitative estimate of drug-likeness (QED) is 0.510. The molecule has 1 aliphatic carbocycles. The van der Waals surface area contributed by atoms with E-state index in [1.807, 2.05) is 6.92 Å². The van der Waals surface area contributed by atoms with Gasteiger partial charge in [-0.15, -0.1) is 4.91 Å². The second kappa shape index (κ2) is 6.58. The minimum atomic E-state index is -0.808. The topological polar surface area (TPSA) is 94.6 Å². The minimum Gasteiger partial charge on any atom is -0.444 e. The van der Waals surface area contributed by atoms with E-state index in [0.717, 1.165) is 16.9 Å². The molecule has 0 atom stereocenters. The Morgan fingerprint density at radius 2 is 2.29 bits per heavy atom. The van der Waals surface area contributed by atoms with E-state index in [1.54, 1.807) is 18.3 Å². The summed E-state index contributed by atoms with van der Waals surface area (Å²) in [5.41, 5.74) is 8.52. The van der Waals surface area contributed by atoms with Crippen LogP contribution >= 0.6 is 23.6 Å². The number of ether oxygens (including phenoxy) is 1. The number of allylic oxidation sites excluding steroid dienone is 1. The number of aromatic nitrogens is 1. The number of hydrogen-bond donors (Lipinski definition) is 1. The van der Waals surface area contributed by atoms with Crippen LogP contribution in [-0.2, 0) is 6.42 Å². The maximum absolute atomic E-state index is 11.9. The van der Waals surface area contributed by atoms with E-state index in [9.17, 15) is 9.70 Å². The highest BCUT2D eigenvalue weighted by molar-refractivity contribution is 7.81. The first kappa shape index (κ1) is 16.4. The summed E-state index contributed by atoms with van der Waals surface area (Å²) >= 11 is 6.58. The van der Waals surface area contributed by atoms with E-state index in [1.165, 1.54) is 6.20 Å². The maximum Gasteiger partial charge on any atom is 0.327 e. The molecule has 2 aromatic rings. The Labute approximate surface area is 147 Å². The molecule has 2 N–H and O–H groups in total. The normalized spacial score (nSPS) is 15.2. The molecule has 0 saturated carbocycles. The van der Waals surface area contributed by atoms with E-state index < -0.39 is 5.91 Å². The predicted molar refractivity (Wildman–Crippen MR) is 95.8 cm³/mol. The first-order valence-electron chi connectivity index (χ1n) is 7.15. The zero-order valence-electron chi connectivity index (χ0n) is 12.7. The van der Waals surface area contributed by atoms with Crippen molar-refractivity contribution in [3.8, 4) is 10.8 Å². The van der Waals surface area contributed by atoms with Gasteiger partial charge in [-0.25, -0.2) is 0 Å². The van der Waals surface area contributed by atoms with Crippen LogP contribution in [0.2, 0.25) is 0 Å². The van der Waals surface area contributed by atoms with Gasteiger partial charge in [-0.1, -0.05) is 23.6 Å². The van der Waals surface area contributed by atoms with Gasteiger partial charge in [0.15, 0.2) is 5.06 Å². The van der Waals surface area contributed by atoms with Gasteiger partial charge in [-0.3, -0.25) is 9.78 Å². The molecule has 0 fully saturated rings. The van der Waals surface area contributed by atoms with Crippen LogP contribution in [0.1, 0.15) is 32.9 Å². The van der Waals surface area contributed by atoms with Crippen molar-refractivity contribution in [3.63, 3.8) is 0 Å². The Balaban J connectivity index is 2.14. The van der Waals surface area contributed by atoms with E-state index in [2.05, 4.69) is 10.2 Å².